The van der Waals surface area contributed by atoms with E-state index in [2.05, 4.69) is 5.32 Å². The number of nitrogens with one attached hydrogen (secondary N) is 1. The number of benzene rings is 3. The highest BCUT2D eigenvalue weighted by atomic mass is 35.5. The van der Waals surface area contributed by atoms with Crippen LogP contribution in [-0.4, -0.2) is 35.4 Å². The smallest absolute Gasteiger partial charge is 0.261 e. The Hall–Kier alpha value is -3.02. The fourth-order valence-corrected chi connectivity index (χ4v) is 4.38. The fraction of sp³-hybridized carbons (Fsp3) is 0.333. The zero-order chi connectivity index (χ0) is 26.9. The molecule has 0 heterocycles. The van der Waals surface area contributed by atoms with E-state index in [0.717, 1.165) is 23.1 Å². The van der Waals surface area contributed by atoms with E-state index < -0.39 is 6.04 Å². The Morgan fingerprint density at radius 3 is 2.41 bits per heavy atom. The molecular weight excluding hydrogens is 507 g/mol. The Labute approximate surface area is 229 Å². The van der Waals surface area contributed by atoms with Crippen molar-refractivity contribution in [2.75, 3.05) is 6.61 Å². The van der Waals surface area contributed by atoms with Crippen LogP contribution in [0.1, 0.15) is 42.5 Å². The molecule has 3 aromatic carbocycles. The first-order valence-electron chi connectivity index (χ1n) is 12.5. The Morgan fingerprint density at radius 1 is 1.00 bits per heavy atom. The molecule has 0 saturated carbocycles. The van der Waals surface area contributed by atoms with Gasteiger partial charge in [-0.25, -0.2) is 0 Å². The van der Waals surface area contributed by atoms with Crippen LogP contribution in [-0.2, 0) is 22.6 Å². The van der Waals surface area contributed by atoms with Crippen molar-refractivity contribution < 1.29 is 14.3 Å². The number of carbonyl (C=O) groups excluding carboxylic acids is 2. The molecular formula is C30H34Cl2N2O3. The summed E-state index contributed by atoms with van der Waals surface area (Å²) < 4.78 is 5.95. The lowest BCUT2D eigenvalue weighted by atomic mass is 10.0. The van der Waals surface area contributed by atoms with E-state index in [4.69, 9.17) is 27.9 Å². The Kier molecular flexibility index (Phi) is 10.4. The number of aryl methyl sites for hydroxylation is 2. The number of ether oxygens (including phenoxy) is 1. The van der Waals surface area contributed by atoms with Crippen LogP contribution >= 0.6 is 23.2 Å². The molecule has 2 atom stereocenters. The maximum absolute atomic E-state index is 13.7. The quantitative estimate of drug-likeness (QED) is 0.300. The van der Waals surface area contributed by atoms with Crippen molar-refractivity contribution >= 4 is 35.0 Å². The molecule has 0 spiro atoms. The average Bonchev–Trinajstić information content (AvgIpc) is 2.88. The molecule has 2 unspecified atom stereocenters. The van der Waals surface area contributed by atoms with Crippen LogP contribution in [0.25, 0.3) is 0 Å². The molecule has 0 bridgehead atoms. The summed E-state index contributed by atoms with van der Waals surface area (Å²) in [4.78, 5) is 28.9. The van der Waals surface area contributed by atoms with Crippen LogP contribution in [0.3, 0.4) is 0 Å². The third-order valence-electron chi connectivity index (χ3n) is 6.32. The van der Waals surface area contributed by atoms with Crippen molar-refractivity contribution in [3.05, 3.63) is 99.0 Å². The van der Waals surface area contributed by atoms with Gasteiger partial charge in [-0.15, -0.1) is 0 Å². The first kappa shape index (κ1) is 28.5. The molecule has 3 rings (SSSR count). The van der Waals surface area contributed by atoms with E-state index in [-0.39, 0.29) is 31.0 Å². The zero-order valence-corrected chi connectivity index (χ0v) is 23.3. The van der Waals surface area contributed by atoms with Crippen molar-refractivity contribution in [3.63, 3.8) is 0 Å². The number of hydrogen-bond donors (Lipinski definition) is 1. The molecule has 0 aromatic heterocycles. The van der Waals surface area contributed by atoms with Gasteiger partial charge in [0.15, 0.2) is 6.61 Å². The molecule has 196 valence electrons. The summed E-state index contributed by atoms with van der Waals surface area (Å²) in [7, 11) is 0. The molecule has 1 N–H and O–H groups in total. The highest BCUT2D eigenvalue weighted by Gasteiger charge is 2.31. The van der Waals surface area contributed by atoms with Gasteiger partial charge in [-0.2, -0.15) is 0 Å². The van der Waals surface area contributed by atoms with E-state index in [9.17, 15) is 9.59 Å². The highest BCUT2D eigenvalue weighted by Crippen LogP contribution is 2.25. The first-order valence-corrected chi connectivity index (χ1v) is 13.2. The maximum atomic E-state index is 13.7. The predicted octanol–water partition coefficient (Wildman–Crippen LogP) is 6.54. The third-order valence-corrected chi connectivity index (χ3v) is 6.91. The van der Waals surface area contributed by atoms with Crippen LogP contribution in [0.5, 0.6) is 5.75 Å². The molecule has 3 aromatic rings. The summed E-state index contributed by atoms with van der Waals surface area (Å²) in [6, 6.07) is 19.9. The second-order valence-corrected chi connectivity index (χ2v) is 10.2. The second-order valence-electron chi connectivity index (χ2n) is 9.34. The normalized spacial score (nSPS) is 12.5. The Morgan fingerprint density at radius 2 is 1.73 bits per heavy atom. The van der Waals surface area contributed by atoms with Crippen LogP contribution in [0, 0.1) is 13.8 Å². The minimum absolute atomic E-state index is 0.0342. The number of amides is 2. The molecule has 0 fully saturated rings. The van der Waals surface area contributed by atoms with Gasteiger partial charge in [-0.05, 0) is 67.6 Å². The van der Waals surface area contributed by atoms with E-state index in [1.54, 1.807) is 23.1 Å². The molecule has 0 aliphatic carbocycles. The average molecular weight is 542 g/mol. The minimum Gasteiger partial charge on any atom is -0.483 e. The second kappa shape index (κ2) is 13.5. The van der Waals surface area contributed by atoms with Crippen LogP contribution in [0.4, 0.5) is 0 Å². The van der Waals surface area contributed by atoms with Crippen LogP contribution in [0.2, 0.25) is 10.0 Å². The summed E-state index contributed by atoms with van der Waals surface area (Å²) in [5, 5.41) is 3.99. The van der Waals surface area contributed by atoms with Gasteiger partial charge >= 0.3 is 0 Å². The maximum Gasteiger partial charge on any atom is 0.261 e. The number of nitrogens with zero attached hydrogens (tertiary/aromatic N) is 1. The highest BCUT2D eigenvalue weighted by molar-refractivity contribution is 6.35. The number of halogens is 2. The van der Waals surface area contributed by atoms with Gasteiger partial charge in [0.05, 0.1) is 0 Å². The largest absolute Gasteiger partial charge is 0.483 e. The van der Waals surface area contributed by atoms with Crippen LogP contribution < -0.4 is 10.1 Å². The lowest BCUT2D eigenvalue weighted by Gasteiger charge is -2.32. The van der Waals surface area contributed by atoms with Gasteiger partial charge in [-0.3, -0.25) is 9.59 Å². The number of hydrogen-bond acceptors (Lipinski definition) is 3. The van der Waals surface area contributed by atoms with Crippen molar-refractivity contribution in [2.24, 2.45) is 0 Å². The fourth-order valence-electron chi connectivity index (χ4n) is 3.91. The molecule has 2 amide bonds. The minimum atomic E-state index is -0.766. The van der Waals surface area contributed by atoms with E-state index in [1.807, 2.05) is 76.2 Å². The van der Waals surface area contributed by atoms with Crippen LogP contribution in [0.15, 0.2) is 66.7 Å². The van der Waals surface area contributed by atoms with E-state index >= 15 is 0 Å². The molecule has 0 saturated heterocycles. The lowest BCUT2D eigenvalue weighted by molar-refractivity contribution is -0.143. The molecule has 0 aliphatic heterocycles. The number of rotatable bonds is 11. The summed E-state index contributed by atoms with van der Waals surface area (Å²) in [5.41, 5.74) is 3.61. The molecule has 5 nitrogen and oxygen atoms in total. The van der Waals surface area contributed by atoms with Gasteiger partial charge < -0.3 is 15.0 Å². The van der Waals surface area contributed by atoms with Crippen molar-refractivity contribution in [2.45, 2.75) is 59.2 Å². The zero-order valence-electron chi connectivity index (χ0n) is 21.8. The predicted molar refractivity (Wildman–Crippen MR) is 150 cm³/mol. The van der Waals surface area contributed by atoms with Gasteiger partial charge in [0, 0.05) is 29.1 Å². The lowest BCUT2D eigenvalue weighted by Crippen LogP contribution is -2.53. The molecule has 0 aliphatic rings. The Balaban J connectivity index is 1.96. The summed E-state index contributed by atoms with van der Waals surface area (Å²) >= 11 is 12.6. The van der Waals surface area contributed by atoms with Crippen molar-refractivity contribution in [3.8, 4) is 5.75 Å². The summed E-state index contributed by atoms with van der Waals surface area (Å²) in [6.45, 7) is 7.78. The van der Waals surface area contributed by atoms with Crippen molar-refractivity contribution in [1.82, 2.24) is 10.2 Å². The van der Waals surface area contributed by atoms with E-state index in [0.29, 0.717) is 27.8 Å². The Bertz CT molecular complexity index is 1220. The SMILES string of the molecule is CCC(C)NC(=O)C(Cc1ccccc1)N(Cc1ccc(Cl)cc1Cl)C(=O)COc1cc(C)ccc1C. The standard InChI is InChI=1S/C30H34Cl2N2O3/c1-5-22(4)33-30(36)27(16-23-9-7-6-8-10-23)34(18-24-13-14-25(31)17-26(24)32)29(35)19-37-28-15-20(2)11-12-21(28)3/h6-15,17,22,27H,5,16,18-19H2,1-4H3,(H,33,36). The van der Waals surface area contributed by atoms with Gasteiger partial charge in [0.25, 0.3) is 5.91 Å². The van der Waals surface area contributed by atoms with Crippen molar-refractivity contribution in [1.29, 1.82) is 0 Å². The summed E-state index contributed by atoms with van der Waals surface area (Å²) in [5.74, 6) is 0.108. The summed E-state index contributed by atoms with van der Waals surface area (Å²) in [6.07, 6.45) is 1.13. The molecule has 7 heteroatoms. The van der Waals surface area contributed by atoms with E-state index in [1.165, 1.54) is 0 Å². The number of carbonyl (C=O) groups is 2. The van der Waals surface area contributed by atoms with Gasteiger partial charge in [0.1, 0.15) is 11.8 Å². The van der Waals surface area contributed by atoms with Gasteiger partial charge in [0.2, 0.25) is 5.91 Å². The third kappa shape index (κ3) is 8.24. The topological polar surface area (TPSA) is 58.6 Å². The molecule has 0 radical (unpaired) electrons. The molecule has 37 heavy (non-hydrogen) atoms. The first-order chi connectivity index (χ1) is 17.7. The van der Waals surface area contributed by atoms with Gasteiger partial charge in [-0.1, -0.05) is 78.7 Å². The monoisotopic (exact) mass is 540 g/mol.